The molecule has 0 aliphatic rings. The molecule has 28 heavy (non-hydrogen) atoms. The van der Waals surface area contributed by atoms with Crippen molar-refractivity contribution >= 4 is 44.7 Å². The topological polar surface area (TPSA) is 67.2 Å². The molecule has 0 radical (unpaired) electrons. The van der Waals surface area contributed by atoms with Crippen LogP contribution in [-0.2, 0) is 11.3 Å². The van der Waals surface area contributed by atoms with Crippen LogP contribution in [0.1, 0.15) is 29.2 Å². The molecule has 0 spiro atoms. The maximum atomic E-state index is 13.3. The maximum absolute atomic E-state index is 13.3. The van der Waals surface area contributed by atoms with Crippen molar-refractivity contribution in [3.63, 3.8) is 0 Å². The molecule has 1 N–H and O–H groups in total. The van der Waals surface area contributed by atoms with E-state index in [2.05, 4.69) is 5.32 Å². The first-order valence-electron chi connectivity index (χ1n) is 8.92. The molecule has 8 heteroatoms. The van der Waals surface area contributed by atoms with E-state index < -0.39 is 6.04 Å². The minimum Gasteiger partial charge on any atom is -0.323 e. The molecule has 0 aliphatic carbocycles. The minimum atomic E-state index is -0.741. The SMILES string of the molecule is Cc1sc2nc(CN(C)C)n(C(C)C(=O)Nc3ccccc3Cl)c(=O)c2c1C. The molecule has 1 amide bonds. The van der Waals surface area contributed by atoms with E-state index in [-0.39, 0.29) is 11.5 Å². The average molecular weight is 419 g/mol. The number of benzene rings is 1. The van der Waals surface area contributed by atoms with Gasteiger partial charge in [0.25, 0.3) is 5.56 Å². The number of anilines is 1. The van der Waals surface area contributed by atoms with Gasteiger partial charge in [0.1, 0.15) is 16.7 Å². The number of amides is 1. The summed E-state index contributed by atoms with van der Waals surface area (Å²) in [6.07, 6.45) is 0. The summed E-state index contributed by atoms with van der Waals surface area (Å²) in [7, 11) is 3.81. The lowest BCUT2D eigenvalue weighted by Crippen LogP contribution is -2.36. The molecule has 3 aromatic rings. The number of hydrogen-bond acceptors (Lipinski definition) is 5. The molecule has 6 nitrogen and oxygen atoms in total. The summed E-state index contributed by atoms with van der Waals surface area (Å²) in [5, 5.41) is 3.85. The Bertz CT molecular complexity index is 1100. The number of nitrogens with one attached hydrogen (secondary N) is 1. The van der Waals surface area contributed by atoms with Crippen molar-refractivity contribution in [2.24, 2.45) is 0 Å². The van der Waals surface area contributed by atoms with Crippen molar-refractivity contribution in [2.45, 2.75) is 33.4 Å². The van der Waals surface area contributed by atoms with E-state index in [0.29, 0.717) is 33.3 Å². The zero-order valence-electron chi connectivity index (χ0n) is 16.5. The highest BCUT2D eigenvalue weighted by Gasteiger charge is 2.24. The monoisotopic (exact) mass is 418 g/mol. The summed E-state index contributed by atoms with van der Waals surface area (Å²) < 4.78 is 1.49. The zero-order chi connectivity index (χ0) is 20.6. The van der Waals surface area contributed by atoms with Crippen molar-refractivity contribution in [3.8, 4) is 0 Å². The number of rotatable bonds is 5. The number of thiophene rings is 1. The lowest BCUT2D eigenvalue weighted by atomic mass is 10.2. The average Bonchev–Trinajstić information content (AvgIpc) is 2.90. The van der Waals surface area contributed by atoms with Gasteiger partial charge in [-0.1, -0.05) is 23.7 Å². The van der Waals surface area contributed by atoms with Crippen molar-refractivity contribution in [1.82, 2.24) is 14.5 Å². The third-order valence-corrected chi connectivity index (χ3v) is 6.09. The quantitative estimate of drug-likeness (QED) is 0.680. The number of aryl methyl sites for hydroxylation is 2. The number of aromatic nitrogens is 2. The molecule has 2 heterocycles. The molecule has 0 saturated carbocycles. The van der Waals surface area contributed by atoms with Gasteiger partial charge in [0.2, 0.25) is 5.91 Å². The molecule has 1 unspecified atom stereocenters. The summed E-state index contributed by atoms with van der Waals surface area (Å²) in [5.74, 6) is 0.242. The molecule has 0 fully saturated rings. The standard InChI is InChI=1S/C20H23ClN4O2S/c1-11-13(3)28-19-17(11)20(27)25(16(23-19)10-24(4)5)12(2)18(26)22-15-9-7-6-8-14(15)21/h6-9,12H,10H2,1-5H3,(H,22,26). The Morgan fingerprint density at radius 3 is 2.64 bits per heavy atom. The van der Waals surface area contributed by atoms with Crippen LogP contribution < -0.4 is 10.9 Å². The van der Waals surface area contributed by atoms with Gasteiger partial charge < -0.3 is 10.2 Å². The van der Waals surface area contributed by atoms with E-state index in [9.17, 15) is 9.59 Å². The molecule has 3 rings (SSSR count). The number of carbonyl (C=O) groups excluding carboxylic acids is 1. The Balaban J connectivity index is 2.10. The predicted octanol–water partition coefficient (Wildman–Crippen LogP) is 3.99. The van der Waals surface area contributed by atoms with Crippen molar-refractivity contribution in [2.75, 3.05) is 19.4 Å². The molecular formula is C20H23ClN4O2S. The van der Waals surface area contributed by atoms with Crippen LogP contribution in [0, 0.1) is 13.8 Å². The number of para-hydroxylation sites is 1. The summed E-state index contributed by atoms with van der Waals surface area (Å²) in [4.78, 5) is 34.7. The van der Waals surface area contributed by atoms with Gasteiger partial charge in [-0.05, 0) is 52.6 Å². The maximum Gasteiger partial charge on any atom is 0.263 e. The summed E-state index contributed by atoms with van der Waals surface area (Å²) in [5.41, 5.74) is 1.24. The van der Waals surface area contributed by atoms with E-state index >= 15 is 0 Å². The largest absolute Gasteiger partial charge is 0.323 e. The minimum absolute atomic E-state index is 0.189. The third kappa shape index (κ3) is 3.83. The highest BCUT2D eigenvalue weighted by Crippen LogP contribution is 2.28. The summed E-state index contributed by atoms with van der Waals surface area (Å²) in [6.45, 7) is 6.05. The van der Waals surface area contributed by atoms with Gasteiger partial charge in [0.15, 0.2) is 0 Å². The molecule has 0 aliphatic heterocycles. The van der Waals surface area contributed by atoms with Crippen LogP contribution in [0.2, 0.25) is 5.02 Å². The highest BCUT2D eigenvalue weighted by atomic mass is 35.5. The zero-order valence-corrected chi connectivity index (χ0v) is 18.1. The second kappa shape index (κ2) is 8.03. The second-order valence-electron chi connectivity index (χ2n) is 7.05. The first-order valence-corrected chi connectivity index (χ1v) is 10.1. The molecule has 2 aromatic heterocycles. The van der Waals surface area contributed by atoms with Gasteiger partial charge in [-0.2, -0.15) is 0 Å². The van der Waals surface area contributed by atoms with Gasteiger partial charge in [0.05, 0.1) is 22.6 Å². The van der Waals surface area contributed by atoms with Gasteiger partial charge in [-0.3, -0.25) is 14.2 Å². The molecule has 0 bridgehead atoms. The van der Waals surface area contributed by atoms with E-state index in [4.69, 9.17) is 16.6 Å². The Labute approximate surface area is 172 Å². The molecule has 1 aromatic carbocycles. The fourth-order valence-corrected chi connectivity index (χ4v) is 4.28. The smallest absolute Gasteiger partial charge is 0.263 e. The van der Waals surface area contributed by atoms with Crippen molar-refractivity contribution in [1.29, 1.82) is 0 Å². The van der Waals surface area contributed by atoms with Crippen LogP contribution >= 0.6 is 22.9 Å². The second-order valence-corrected chi connectivity index (χ2v) is 8.66. The third-order valence-electron chi connectivity index (χ3n) is 4.66. The molecule has 1 atom stereocenters. The number of fused-ring (bicyclic) bond motifs is 1. The number of carbonyl (C=O) groups is 1. The Hall–Kier alpha value is -2.22. The van der Waals surface area contributed by atoms with Gasteiger partial charge >= 0.3 is 0 Å². The number of hydrogen-bond donors (Lipinski definition) is 1. The first kappa shape index (κ1) is 20.5. The molecular weight excluding hydrogens is 396 g/mol. The number of halogens is 1. The summed E-state index contributed by atoms with van der Waals surface area (Å²) >= 11 is 7.66. The molecule has 0 saturated heterocycles. The van der Waals surface area contributed by atoms with Crippen molar-refractivity contribution in [3.05, 3.63) is 55.9 Å². The van der Waals surface area contributed by atoms with Crippen LogP contribution in [-0.4, -0.2) is 34.5 Å². The van der Waals surface area contributed by atoms with E-state index in [1.807, 2.05) is 32.8 Å². The van der Waals surface area contributed by atoms with E-state index in [1.54, 1.807) is 31.2 Å². The number of nitrogens with zero attached hydrogens (tertiary/aromatic N) is 3. The van der Waals surface area contributed by atoms with Crippen LogP contribution in [0.5, 0.6) is 0 Å². The van der Waals surface area contributed by atoms with Crippen molar-refractivity contribution < 1.29 is 4.79 Å². The highest BCUT2D eigenvalue weighted by molar-refractivity contribution is 7.18. The van der Waals surface area contributed by atoms with Crippen LogP contribution in [0.15, 0.2) is 29.1 Å². The van der Waals surface area contributed by atoms with Gasteiger partial charge in [-0.15, -0.1) is 11.3 Å². The fraction of sp³-hybridized carbons (Fsp3) is 0.350. The Morgan fingerprint density at radius 1 is 1.32 bits per heavy atom. The fourth-order valence-electron chi connectivity index (χ4n) is 3.06. The van der Waals surface area contributed by atoms with Crippen LogP contribution in [0.4, 0.5) is 5.69 Å². The Morgan fingerprint density at radius 2 is 2.00 bits per heavy atom. The summed E-state index contributed by atoms with van der Waals surface area (Å²) in [6, 6.07) is 6.28. The van der Waals surface area contributed by atoms with Crippen LogP contribution in [0.25, 0.3) is 10.2 Å². The predicted molar refractivity (Wildman–Crippen MR) is 116 cm³/mol. The Kier molecular flexibility index (Phi) is 5.88. The van der Waals surface area contributed by atoms with Gasteiger partial charge in [-0.25, -0.2) is 4.98 Å². The van der Waals surface area contributed by atoms with E-state index in [1.165, 1.54) is 15.9 Å². The lowest BCUT2D eigenvalue weighted by Gasteiger charge is -2.21. The van der Waals surface area contributed by atoms with Gasteiger partial charge in [0, 0.05) is 4.88 Å². The van der Waals surface area contributed by atoms with Crippen LogP contribution in [0.3, 0.4) is 0 Å². The normalized spacial score (nSPS) is 12.5. The van der Waals surface area contributed by atoms with E-state index in [0.717, 1.165) is 10.4 Å². The molecule has 148 valence electrons. The lowest BCUT2D eigenvalue weighted by molar-refractivity contribution is -0.119. The first-order chi connectivity index (χ1) is 13.2.